The number of ether oxygens (including phenoxy) is 1. The van der Waals surface area contributed by atoms with Gasteiger partial charge < -0.3 is 15.0 Å². The lowest BCUT2D eigenvalue weighted by Crippen LogP contribution is -2.15. The summed E-state index contributed by atoms with van der Waals surface area (Å²) >= 11 is 7.79. The lowest BCUT2D eigenvalue weighted by Gasteiger charge is -2.11. The Morgan fingerprint density at radius 1 is 1.20 bits per heavy atom. The minimum Gasteiger partial charge on any atom is -0.465 e. The second-order valence-corrected chi connectivity index (χ2v) is 10.2. The molecule has 35 heavy (non-hydrogen) atoms. The van der Waals surface area contributed by atoms with Crippen LogP contribution in [0.1, 0.15) is 52.0 Å². The SMILES string of the molecule is COC(=O)c1c(NC(=O)CCCc2c(-c3ccccn3)[nH]c3ccc(Cl)cc23)sc2c1CCCC2. The summed E-state index contributed by atoms with van der Waals surface area (Å²) < 4.78 is 5.02. The zero-order valence-electron chi connectivity index (χ0n) is 19.4. The highest BCUT2D eigenvalue weighted by Gasteiger charge is 2.27. The summed E-state index contributed by atoms with van der Waals surface area (Å²) in [6.45, 7) is 0. The molecule has 8 heteroatoms. The van der Waals surface area contributed by atoms with E-state index >= 15 is 0 Å². The molecule has 0 aliphatic heterocycles. The highest BCUT2D eigenvalue weighted by Crippen LogP contribution is 2.39. The fraction of sp³-hybridized carbons (Fsp3) is 0.296. The Labute approximate surface area is 212 Å². The van der Waals surface area contributed by atoms with E-state index in [1.807, 2.05) is 36.4 Å². The van der Waals surface area contributed by atoms with Gasteiger partial charge in [0.1, 0.15) is 5.00 Å². The minimum atomic E-state index is -0.379. The molecular weight excluding hydrogens is 482 g/mol. The molecule has 1 aromatic carbocycles. The Balaban J connectivity index is 1.33. The lowest BCUT2D eigenvalue weighted by molar-refractivity contribution is -0.116. The lowest BCUT2D eigenvalue weighted by atomic mass is 9.95. The average molecular weight is 508 g/mol. The third-order valence-corrected chi connectivity index (χ3v) is 7.88. The van der Waals surface area contributed by atoms with Crippen LogP contribution in [0.4, 0.5) is 5.00 Å². The van der Waals surface area contributed by atoms with Gasteiger partial charge in [-0.3, -0.25) is 9.78 Å². The number of carbonyl (C=O) groups excluding carboxylic acids is 2. The van der Waals surface area contributed by atoms with Crippen LogP contribution >= 0.6 is 22.9 Å². The van der Waals surface area contributed by atoms with Crippen molar-refractivity contribution in [2.75, 3.05) is 12.4 Å². The van der Waals surface area contributed by atoms with Gasteiger partial charge in [0.25, 0.3) is 0 Å². The number of nitrogens with zero attached hydrogens (tertiary/aromatic N) is 1. The summed E-state index contributed by atoms with van der Waals surface area (Å²) in [5.41, 5.74) is 5.45. The summed E-state index contributed by atoms with van der Waals surface area (Å²) in [4.78, 5) is 34.5. The van der Waals surface area contributed by atoms with Gasteiger partial charge in [0.15, 0.2) is 0 Å². The number of methoxy groups -OCH3 is 1. The number of nitrogens with one attached hydrogen (secondary N) is 2. The molecule has 0 radical (unpaired) electrons. The van der Waals surface area contributed by atoms with E-state index in [2.05, 4.69) is 15.3 Å². The fourth-order valence-electron chi connectivity index (χ4n) is 4.80. The number of hydrogen-bond donors (Lipinski definition) is 2. The Hall–Kier alpha value is -3.16. The first kappa shape index (κ1) is 23.6. The smallest absolute Gasteiger partial charge is 0.341 e. The molecule has 4 aromatic rings. The van der Waals surface area contributed by atoms with Gasteiger partial charge in [-0.25, -0.2) is 4.79 Å². The van der Waals surface area contributed by atoms with Crippen molar-refractivity contribution in [3.8, 4) is 11.4 Å². The molecule has 6 nitrogen and oxygen atoms in total. The molecule has 2 N–H and O–H groups in total. The van der Waals surface area contributed by atoms with Gasteiger partial charge in [-0.2, -0.15) is 0 Å². The van der Waals surface area contributed by atoms with E-state index < -0.39 is 0 Å². The largest absolute Gasteiger partial charge is 0.465 e. The molecule has 0 unspecified atom stereocenters. The number of halogens is 1. The number of carbonyl (C=O) groups is 2. The summed E-state index contributed by atoms with van der Waals surface area (Å²) in [7, 11) is 1.38. The molecule has 3 aromatic heterocycles. The Kier molecular flexibility index (Phi) is 6.88. The molecule has 0 saturated heterocycles. The minimum absolute atomic E-state index is 0.106. The molecular formula is C27H26ClN3O3S. The molecule has 5 rings (SSSR count). The first-order chi connectivity index (χ1) is 17.0. The number of pyridine rings is 1. The average Bonchev–Trinajstić information content (AvgIpc) is 3.42. The second kappa shape index (κ2) is 10.2. The van der Waals surface area contributed by atoms with E-state index in [4.69, 9.17) is 16.3 Å². The number of benzene rings is 1. The quantitative estimate of drug-likeness (QED) is 0.277. The van der Waals surface area contributed by atoms with Crippen molar-refractivity contribution < 1.29 is 14.3 Å². The Morgan fingerprint density at radius 2 is 2.06 bits per heavy atom. The molecule has 1 amide bonds. The number of rotatable bonds is 7. The van der Waals surface area contributed by atoms with Gasteiger partial charge in [-0.05, 0) is 80.0 Å². The summed E-state index contributed by atoms with van der Waals surface area (Å²) in [5.74, 6) is -0.485. The summed E-state index contributed by atoms with van der Waals surface area (Å²) in [5, 5.41) is 5.31. The molecule has 180 valence electrons. The van der Waals surface area contributed by atoms with Gasteiger partial charge in [-0.15, -0.1) is 11.3 Å². The van der Waals surface area contributed by atoms with Crippen molar-refractivity contribution in [2.45, 2.75) is 44.9 Å². The van der Waals surface area contributed by atoms with E-state index in [0.29, 0.717) is 34.8 Å². The van der Waals surface area contributed by atoms with Crippen LogP contribution in [-0.4, -0.2) is 29.0 Å². The van der Waals surface area contributed by atoms with Crippen LogP contribution in [-0.2, 0) is 28.8 Å². The highest BCUT2D eigenvalue weighted by atomic mass is 35.5. The van der Waals surface area contributed by atoms with E-state index in [-0.39, 0.29) is 11.9 Å². The highest BCUT2D eigenvalue weighted by molar-refractivity contribution is 7.17. The molecule has 0 saturated carbocycles. The molecule has 1 aliphatic carbocycles. The number of thiophene rings is 1. The third kappa shape index (κ3) is 4.83. The number of aromatic nitrogens is 2. The van der Waals surface area contributed by atoms with Gasteiger partial charge >= 0.3 is 5.97 Å². The van der Waals surface area contributed by atoms with Crippen LogP contribution in [0.15, 0.2) is 42.6 Å². The number of amides is 1. The normalized spacial score (nSPS) is 13.0. The maximum absolute atomic E-state index is 12.9. The predicted octanol–water partition coefficient (Wildman–Crippen LogP) is 6.57. The van der Waals surface area contributed by atoms with Crippen molar-refractivity contribution in [3.63, 3.8) is 0 Å². The van der Waals surface area contributed by atoms with E-state index in [0.717, 1.165) is 59.1 Å². The van der Waals surface area contributed by atoms with Crippen molar-refractivity contribution in [1.29, 1.82) is 0 Å². The van der Waals surface area contributed by atoms with Crippen LogP contribution in [0.3, 0.4) is 0 Å². The Morgan fingerprint density at radius 3 is 2.86 bits per heavy atom. The maximum atomic E-state index is 12.9. The standard InChI is InChI=1S/C27H26ClN3O3S/c1-34-27(33)24-18-7-2-3-10-22(18)35-26(24)31-23(32)11-6-8-17-19-15-16(28)12-13-20(19)30-25(17)21-9-4-5-14-29-21/h4-5,9,12-15,30H,2-3,6-8,10-11H2,1H3,(H,31,32). The molecule has 0 atom stereocenters. The summed E-state index contributed by atoms with van der Waals surface area (Å²) in [6, 6.07) is 11.6. The van der Waals surface area contributed by atoms with E-state index in [9.17, 15) is 9.59 Å². The fourth-order valence-corrected chi connectivity index (χ4v) is 6.26. The zero-order valence-corrected chi connectivity index (χ0v) is 21.0. The predicted molar refractivity (Wildman–Crippen MR) is 140 cm³/mol. The van der Waals surface area contributed by atoms with Crippen LogP contribution in [0, 0.1) is 0 Å². The summed E-state index contributed by atoms with van der Waals surface area (Å²) in [6.07, 6.45) is 7.38. The van der Waals surface area contributed by atoms with E-state index in [1.165, 1.54) is 23.3 Å². The number of aromatic amines is 1. The van der Waals surface area contributed by atoms with Crippen LogP contribution in [0.5, 0.6) is 0 Å². The Bertz CT molecular complexity index is 1390. The molecule has 0 fully saturated rings. The van der Waals surface area contributed by atoms with Gasteiger partial charge in [-0.1, -0.05) is 17.7 Å². The van der Waals surface area contributed by atoms with Crippen molar-refractivity contribution in [1.82, 2.24) is 9.97 Å². The number of esters is 1. The number of anilines is 1. The van der Waals surface area contributed by atoms with Crippen molar-refractivity contribution in [2.24, 2.45) is 0 Å². The van der Waals surface area contributed by atoms with Crippen molar-refractivity contribution >= 4 is 50.7 Å². The van der Waals surface area contributed by atoms with Crippen LogP contribution < -0.4 is 5.32 Å². The zero-order chi connectivity index (χ0) is 24.4. The van der Waals surface area contributed by atoms with Crippen LogP contribution in [0.2, 0.25) is 5.02 Å². The molecule has 0 bridgehead atoms. The maximum Gasteiger partial charge on any atom is 0.341 e. The van der Waals surface area contributed by atoms with Gasteiger partial charge in [0.2, 0.25) is 5.91 Å². The monoisotopic (exact) mass is 507 g/mol. The molecule has 0 spiro atoms. The second-order valence-electron chi connectivity index (χ2n) is 8.69. The molecule has 1 aliphatic rings. The topological polar surface area (TPSA) is 84.1 Å². The van der Waals surface area contributed by atoms with E-state index in [1.54, 1.807) is 6.20 Å². The van der Waals surface area contributed by atoms with Crippen molar-refractivity contribution in [3.05, 3.63) is 69.2 Å². The molecule has 3 heterocycles. The number of fused-ring (bicyclic) bond motifs is 2. The first-order valence-corrected chi connectivity index (χ1v) is 13.0. The van der Waals surface area contributed by atoms with Gasteiger partial charge in [0, 0.05) is 33.4 Å². The van der Waals surface area contributed by atoms with Crippen LogP contribution in [0.25, 0.3) is 22.3 Å². The number of H-pyrrole nitrogens is 1. The third-order valence-electron chi connectivity index (χ3n) is 6.43. The number of aryl methyl sites for hydroxylation is 2. The van der Waals surface area contributed by atoms with Gasteiger partial charge in [0.05, 0.1) is 24.1 Å². The number of hydrogen-bond acceptors (Lipinski definition) is 5. The first-order valence-electron chi connectivity index (χ1n) is 11.8.